The molecular formula is C31H34Cl2N4O3. The molecule has 4 heterocycles. The van der Waals surface area contributed by atoms with Crippen LogP contribution in [-0.4, -0.2) is 62.5 Å². The number of pyridine rings is 1. The normalized spacial score (nSPS) is 20.0. The predicted molar refractivity (Wildman–Crippen MR) is 160 cm³/mol. The highest BCUT2D eigenvalue weighted by atomic mass is 35.5. The van der Waals surface area contributed by atoms with Crippen molar-refractivity contribution < 1.29 is 14.3 Å². The van der Waals surface area contributed by atoms with Crippen LogP contribution in [0.1, 0.15) is 32.4 Å². The maximum absolute atomic E-state index is 14.2. The lowest BCUT2D eigenvalue weighted by Gasteiger charge is -2.51. The summed E-state index contributed by atoms with van der Waals surface area (Å²) < 4.78 is 11.4. The molecule has 2 saturated heterocycles. The monoisotopic (exact) mass is 580 g/mol. The van der Waals surface area contributed by atoms with E-state index in [4.69, 9.17) is 32.7 Å². The highest BCUT2D eigenvalue weighted by molar-refractivity contribution is 6.32. The first-order valence-electron chi connectivity index (χ1n) is 13.7. The highest BCUT2D eigenvalue weighted by Gasteiger charge is 2.45. The molecule has 2 aromatic carbocycles. The van der Waals surface area contributed by atoms with Crippen molar-refractivity contribution in [3.05, 3.63) is 70.5 Å². The third-order valence-electron chi connectivity index (χ3n) is 8.47. The van der Waals surface area contributed by atoms with Crippen LogP contribution in [0.2, 0.25) is 10.0 Å². The van der Waals surface area contributed by atoms with Crippen molar-refractivity contribution in [2.24, 2.45) is 0 Å². The van der Waals surface area contributed by atoms with Crippen LogP contribution in [0.5, 0.6) is 0 Å². The molecule has 1 amide bonds. The Labute approximate surface area is 245 Å². The zero-order valence-electron chi connectivity index (χ0n) is 23.0. The number of amides is 1. The van der Waals surface area contributed by atoms with E-state index in [1.807, 2.05) is 50.2 Å². The Balaban J connectivity index is 1.26. The smallest absolute Gasteiger partial charge is 0.243 e. The average Bonchev–Trinajstić information content (AvgIpc) is 3.00. The number of nitrogens with one attached hydrogen (secondary N) is 1. The van der Waals surface area contributed by atoms with Gasteiger partial charge in [0, 0.05) is 66.6 Å². The number of halogens is 2. The first-order chi connectivity index (χ1) is 19.2. The number of fused-ring (bicyclic) bond motifs is 3. The number of benzene rings is 2. The largest absolute Gasteiger partial charge is 0.381 e. The van der Waals surface area contributed by atoms with Crippen LogP contribution in [0.4, 0.5) is 17.1 Å². The van der Waals surface area contributed by atoms with E-state index in [0.29, 0.717) is 27.5 Å². The molecule has 2 fully saturated rings. The summed E-state index contributed by atoms with van der Waals surface area (Å²) in [6.07, 6.45) is 3.68. The summed E-state index contributed by atoms with van der Waals surface area (Å²) >= 11 is 12.8. The van der Waals surface area contributed by atoms with Gasteiger partial charge in [-0.25, -0.2) is 0 Å². The highest BCUT2D eigenvalue weighted by Crippen LogP contribution is 2.47. The summed E-state index contributed by atoms with van der Waals surface area (Å²) in [5.41, 5.74) is 3.85. The minimum absolute atomic E-state index is 0.0844. The van der Waals surface area contributed by atoms with Crippen LogP contribution in [0.25, 0.3) is 11.1 Å². The van der Waals surface area contributed by atoms with E-state index >= 15 is 0 Å². The van der Waals surface area contributed by atoms with Gasteiger partial charge in [0.05, 0.1) is 34.9 Å². The third kappa shape index (κ3) is 4.88. The summed E-state index contributed by atoms with van der Waals surface area (Å²) in [5.74, 6) is -0.0844. The number of nitrogens with zero attached hydrogens (tertiary/aromatic N) is 3. The molecule has 9 heteroatoms. The van der Waals surface area contributed by atoms with Crippen molar-refractivity contribution in [3.8, 4) is 11.1 Å². The fourth-order valence-electron chi connectivity index (χ4n) is 6.00. The standard InChI is InChI=1S/C31H34Cl2N4O3/c1-30(2)28-26(14-21(33)16-34-28)25-9-4-20(32)15-27(25)37(29(30)38)24-7-5-23(6-8-24)36-18-31(19-36,39-3)17-35-22-10-12-40-13-11-22/h4-9,14-16,22,35H,10-13,17-19H2,1-3H3. The predicted octanol–water partition coefficient (Wildman–Crippen LogP) is 5.99. The van der Waals surface area contributed by atoms with Crippen LogP contribution in [0.3, 0.4) is 0 Å². The number of aromatic nitrogens is 1. The van der Waals surface area contributed by atoms with Gasteiger partial charge in [-0.1, -0.05) is 29.3 Å². The number of carbonyl (C=O) groups excluding carboxylic acids is 1. The number of methoxy groups -OCH3 is 1. The maximum Gasteiger partial charge on any atom is 0.243 e. The minimum Gasteiger partial charge on any atom is -0.381 e. The third-order valence-corrected chi connectivity index (χ3v) is 8.92. The summed E-state index contributed by atoms with van der Waals surface area (Å²) in [6.45, 7) is 7.87. The van der Waals surface area contributed by atoms with E-state index in [-0.39, 0.29) is 11.5 Å². The van der Waals surface area contributed by atoms with Gasteiger partial charge in [-0.2, -0.15) is 0 Å². The van der Waals surface area contributed by atoms with Gasteiger partial charge in [-0.3, -0.25) is 14.7 Å². The molecule has 7 nitrogen and oxygen atoms in total. The average molecular weight is 582 g/mol. The molecule has 0 unspecified atom stereocenters. The van der Waals surface area contributed by atoms with Crippen LogP contribution in [0, 0.1) is 0 Å². The second-order valence-corrected chi connectivity index (χ2v) is 12.4. The molecule has 3 aromatic rings. The number of anilines is 3. The lowest BCUT2D eigenvalue weighted by molar-refractivity contribution is -0.122. The van der Waals surface area contributed by atoms with Gasteiger partial charge in [0.15, 0.2) is 0 Å². The topological polar surface area (TPSA) is 66.9 Å². The maximum atomic E-state index is 14.2. The molecule has 0 saturated carbocycles. The summed E-state index contributed by atoms with van der Waals surface area (Å²) in [4.78, 5) is 22.8. The Kier molecular flexibility index (Phi) is 7.30. The van der Waals surface area contributed by atoms with Crippen molar-refractivity contribution >= 4 is 46.2 Å². The minimum atomic E-state index is -0.892. The number of carbonyl (C=O) groups is 1. The molecule has 0 aliphatic carbocycles. The lowest BCUT2D eigenvalue weighted by Crippen LogP contribution is -2.68. The Morgan fingerprint density at radius 3 is 2.40 bits per heavy atom. The molecule has 0 spiro atoms. The quantitative estimate of drug-likeness (QED) is 0.386. The summed E-state index contributed by atoms with van der Waals surface area (Å²) in [5, 5.41) is 4.75. The van der Waals surface area contributed by atoms with Crippen molar-refractivity contribution in [2.75, 3.05) is 49.8 Å². The molecule has 3 aliphatic heterocycles. The van der Waals surface area contributed by atoms with Gasteiger partial charge in [0.1, 0.15) is 5.60 Å². The molecule has 40 heavy (non-hydrogen) atoms. The molecular weight excluding hydrogens is 547 g/mol. The molecule has 210 valence electrons. The number of hydrogen-bond donors (Lipinski definition) is 1. The SMILES string of the molecule is COC1(CNC2CCOCC2)CN(c2ccc(N3C(=O)C(C)(C)c4ncc(Cl)cc4-c4ccc(Cl)cc43)cc2)C1. The Morgan fingerprint density at radius 2 is 1.70 bits per heavy atom. The Hall–Kier alpha value is -2.68. The summed E-state index contributed by atoms with van der Waals surface area (Å²) in [6, 6.07) is 16.1. The van der Waals surface area contributed by atoms with Crippen molar-refractivity contribution in [2.45, 2.75) is 43.7 Å². The molecule has 0 atom stereocenters. The van der Waals surface area contributed by atoms with E-state index < -0.39 is 5.41 Å². The van der Waals surface area contributed by atoms with Gasteiger partial charge in [-0.05, 0) is 69.2 Å². The van der Waals surface area contributed by atoms with Crippen molar-refractivity contribution in [3.63, 3.8) is 0 Å². The Bertz CT molecular complexity index is 1420. The van der Waals surface area contributed by atoms with Crippen molar-refractivity contribution in [1.29, 1.82) is 0 Å². The fraction of sp³-hybridized carbons (Fsp3) is 0.419. The van der Waals surface area contributed by atoms with Gasteiger partial charge in [-0.15, -0.1) is 0 Å². The van der Waals surface area contributed by atoms with Crippen LogP contribution in [0.15, 0.2) is 54.7 Å². The van der Waals surface area contributed by atoms with Gasteiger partial charge < -0.3 is 19.7 Å². The second kappa shape index (κ2) is 10.6. The first kappa shape index (κ1) is 27.5. The van der Waals surface area contributed by atoms with Crippen LogP contribution in [-0.2, 0) is 19.7 Å². The fourth-order valence-corrected chi connectivity index (χ4v) is 6.32. The number of rotatable bonds is 6. The zero-order valence-corrected chi connectivity index (χ0v) is 24.6. The Morgan fingerprint density at radius 1 is 1.00 bits per heavy atom. The van der Waals surface area contributed by atoms with Crippen molar-refractivity contribution in [1.82, 2.24) is 10.3 Å². The molecule has 6 rings (SSSR count). The molecule has 3 aliphatic rings. The zero-order chi connectivity index (χ0) is 28.1. The first-order valence-corrected chi connectivity index (χ1v) is 14.5. The van der Waals surface area contributed by atoms with Gasteiger partial charge in [0.2, 0.25) is 5.91 Å². The van der Waals surface area contributed by atoms with E-state index in [9.17, 15) is 4.79 Å². The van der Waals surface area contributed by atoms with Gasteiger partial charge >= 0.3 is 0 Å². The number of hydrogen-bond acceptors (Lipinski definition) is 6. The van der Waals surface area contributed by atoms with Crippen LogP contribution < -0.4 is 15.1 Å². The van der Waals surface area contributed by atoms with Gasteiger partial charge in [0.25, 0.3) is 0 Å². The molecule has 0 radical (unpaired) electrons. The number of ether oxygens (including phenoxy) is 2. The second-order valence-electron chi connectivity index (χ2n) is 11.5. The lowest BCUT2D eigenvalue weighted by atomic mass is 9.84. The summed E-state index contributed by atoms with van der Waals surface area (Å²) in [7, 11) is 1.79. The van der Waals surface area contributed by atoms with E-state index in [1.54, 1.807) is 18.2 Å². The van der Waals surface area contributed by atoms with E-state index in [1.165, 1.54) is 0 Å². The van der Waals surface area contributed by atoms with E-state index in [0.717, 1.165) is 68.2 Å². The van der Waals surface area contributed by atoms with Crippen LogP contribution >= 0.6 is 23.2 Å². The molecule has 0 bridgehead atoms. The molecule has 1 aromatic heterocycles. The van der Waals surface area contributed by atoms with E-state index in [2.05, 4.69) is 27.3 Å². The molecule has 1 N–H and O–H groups in total.